The summed E-state index contributed by atoms with van der Waals surface area (Å²) in [4.78, 5) is 24.4. The van der Waals surface area contributed by atoms with E-state index in [1.54, 1.807) is 0 Å². The lowest BCUT2D eigenvalue weighted by molar-refractivity contribution is -0.145. The third kappa shape index (κ3) is 1.63. The minimum Gasteiger partial charge on any atom is -0.477 e. The molecule has 0 aromatic carbocycles. The number of nitrogens with two attached hydrogens (primary N) is 1. The molecule has 0 aromatic rings. The highest BCUT2D eigenvalue weighted by atomic mass is 32.2. The van der Waals surface area contributed by atoms with Gasteiger partial charge >= 0.3 is 5.97 Å². The minimum absolute atomic E-state index is 0.0244. The molecule has 0 spiro atoms. The maximum atomic E-state index is 11.2. The van der Waals surface area contributed by atoms with Gasteiger partial charge in [0.05, 0.1) is 11.8 Å². The van der Waals surface area contributed by atoms with Gasteiger partial charge in [0.15, 0.2) is 0 Å². The molecule has 1 fully saturated rings. The monoisotopic (exact) mass is 228 g/mol. The fraction of sp³-hybridized carbons (Fsp3) is 0.556. The zero-order valence-electron chi connectivity index (χ0n) is 8.10. The first-order valence-corrected chi connectivity index (χ1v) is 5.68. The molecule has 6 heteroatoms. The van der Waals surface area contributed by atoms with E-state index in [2.05, 4.69) is 0 Å². The smallest absolute Gasteiger partial charge is 0.353 e. The average molecular weight is 228 g/mol. The average Bonchev–Trinajstić information content (AvgIpc) is 2.47. The highest BCUT2D eigenvalue weighted by molar-refractivity contribution is 8.04. The molecule has 1 amide bonds. The summed E-state index contributed by atoms with van der Waals surface area (Å²) in [5.41, 5.74) is 5.56. The number of β-lactam (4-membered cyclic amide) rings is 1. The van der Waals surface area contributed by atoms with Gasteiger partial charge in [0.2, 0.25) is 5.91 Å². The van der Waals surface area contributed by atoms with Crippen LogP contribution in [0.3, 0.4) is 0 Å². The van der Waals surface area contributed by atoms with Crippen molar-refractivity contribution in [3.05, 3.63) is 10.6 Å². The van der Waals surface area contributed by atoms with Crippen LogP contribution in [0, 0.1) is 0 Å². The third-order valence-corrected chi connectivity index (χ3v) is 3.83. The molecule has 2 heterocycles. The molecular weight excluding hydrogens is 216 g/mol. The molecule has 0 aromatic heterocycles. The first kappa shape index (κ1) is 10.5. The molecule has 2 rings (SSSR count). The van der Waals surface area contributed by atoms with Crippen LogP contribution in [0.25, 0.3) is 0 Å². The van der Waals surface area contributed by atoms with Crippen LogP contribution in [-0.2, 0) is 9.59 Å². The van der Waals surface area contributed by atoms with Crippen LogP contribution in [0.15, 0.2) is 10.6 Å². The van der Waals surface area contributed by atoms with Gasteiger partial charge < -0.3 is 10.8 Å². The van der Waals surface area contributed by atoms with Gasteiger partial charge in [-0.25, -0.2) is 4.79 Å². The molecule has 0 aliphatic carbocycles. The third-order valence-electron chi connectivity index (χ3n) is 2.50. The maximum Gasteiger partial charge on any atom is 0.353 e. The van der Waals surface area contributed by atoms with Gasteiger partial charge in [0, 0.05) is 4.91 Å². The van der Waals surface area contributed by atoms with Crippen LogP contribution in [0.5, 0.6) is 0 Å². The van der Waals surface area contributed by atoms with E-state index >= 15 is 0 Å². The van der Waals surface area contributed by atoms with Crippen LogP contribution >= 0.6 is 11.8 Å². The lowest BCUT2D eigenvalue weighted by Gasteiger charge is -2.33. The molecule has 5 nitrogen and oxygen atoms in total. The van der Waals surface area contributed by atoms with Gasteiger partial charge in [-0.15, -0.1) is 11.8 Å². The van der Waals surface area contributed by atoms with E-state index in [0.717, 1.165) is 11.3 Å². The van der Waals surface area contributed by atoms with Crippen molar-refractivity contribution >= 4 is 23.6 Å². The number of nitrogens with zero attached hydrogens (tertiary/aromatic N) is 1. The number of fused-ring (bicyclic) bond motifs is 1. The second-order valence-electron chi connectivity index (χ2n) is 3.51. The molecule has 1 saturated heterocycles. The summed E-state index contributed by atoms with van der Waals surface area (Å²) >= 11 is 1.49. The summed E-state index contributed by atoms with van der Waals surface area (Å²) in [6.07, 6.45) is 1.87. The minimum atomic E-state index is -1.01. The molecule has 0 saturated carbocycles. The Balaban J connectivity index is 2.19. The van der Waals surface area contributed by atoms with Crippen LogP contribution in [-0.4, -0.2) is 33.8 Å². The molecular formula is C9H12N2O3S. The van der Waals surface area contributed by atoms with Crippen LogP contribution in [0.4, 0.5) is 0 Å². The van der Waals surface area contributed by atoms with E-state index in [1.807, 2.05) is 0 Å². The van der Waals surface area contributed by atoms with Crippen molar-refractivity contribution in [2.75, 3.05) is 6.54 Å². The number of carbonyl (C=O) groups excluding carboxylic acids is 1. The zero-order valence-corrected chi connectivity index (χ0v) is 8.92. The summed E-state index contributed by atoms with van der Waals surface area (Å²) in [6, 6.07) is 0. The Bertz CT molecular complexity index is 353. The summed E-state index contributed by atoms with van der Waals surface area (Å²) in [5.74, 6) is -1.10. The fourth-order valence-electron chi connectivity index (χ4n) is 1.77. The largest absolute Gasteiger partial charge is 0.477 e. The summed E-state index contributed by atoms with van der Waals surface area (Å²) < 4.78 is 0. The second kappa shape index (κ2) is 3.86. The fourth-order valence-corrected chi connectivity index (χ4v) is 3.21. The molecule has 2 aliphatic rings. The lowest BCUT2D eigenvalue weighted by Crippen LogP contribution is -2.48. The first-order chi connectivity index (χ1) is 7.15. The van der Waals surface area contributed by atoms with Crippen molar-refractivity contribution in [3.8, 4) is 0 Å². The number of carboxylic acids is 1. The summed E-state index contributed by atoms with van der Waals surface area (Å²) in [5, 5.41) is 9.05. The van der Waals surface area contributed by atoms with Crippen molar-refractivity contribution in [1.29, 1.82) is 0 Å². The Kier molecular flexibility index (Phi) is 2.70. The number of carboxylic acid groups (broad SMARTS) is 1. The van der Waals surface area contributed by atoms with E-state index in [4.69, 9.17) is 10.8 Å². The topological polar surface area (TPSA) is 83.6 Å². The van der Waals surface area contributed by atoms with E-state index in [1.165, 1.54) is 16.7 Å². The van der Waals surface area contributed by atoms with Crippen LogP contribution in [0.2, 0.25) is 0 Å². The first-order valence-electron chi connectivity index (χ1n) is 4.80. The number of rotatable bonds is 4. The zero-order chi connectivity index (χ0) is 11.0. The summed E-state index contributed by atoms with van der Waals surface area (Å²) in [6.45, 7) is 0.537. The Labute approximate surface area is 91.3 Å². The van der Waals surface area contributed by atoms with Gasteiger partial charge in [0.25, 0.3) is 0 Å². The highest BCUT2D eigenvalue weighted by Gasteiger charge is 2.47. The van der Waals surface area contributed by atoms with Crippen LogP contribution < -0.4 is 5.73 Å². The molecule has 2 aliphatic heterocycles. The number of hydrogen-bond donors (Lipinski definition) is 2. The molecule has 15 heavy (non-hydrogen) atoms. The number of thioether (sulfide) groups is 1. The normalized spacial score (nSPS) is 24.2. The Morgan fingerprint density at radius 3 is 2.93 bits per heavy atom. The van der Waals surface area contributed by atoms with Crippen molar-refractivity contribution in [2.45, 2.75) is 24.6 Å². The number of aliphatic carboxylic acids is 1. The van der Waals surface area contributed by atoms with Crippen molar-refractivity contribution in [1.82, 2.24) is 4.90 Å². The summed E-state index contributed by atoms with van der Waals surface area (Å²) in [7, 11) is 0. The van der Waals surface area contributed by atoms with Gasteiger partial charge in [0.1, 0.15) is 5.70 Å². The predicted octanol–water partition coefficient (Wildman–Crippen LogP) is 0.327. The molecule has 0 bridgehead atoms. The van der Waals surface area contributed by atoms with Crippen LogP contribution in [0.1, 0.15) is 19.3 Å². The standard InChI is InChI=1S/C9H12N2O3S/c10-3-1-2-5-8(9(13)14)11-6(12)4-7(11)15-5/h7H,1-4,10H2,(H,13,14)/t7-/m0/s1. The Morgan fingerprint density at radius 2 is 2.40 bits per heavy atom. The van der Waals surface area contributed by atoms with E-state index in [9.17, 15) is 9.59 Å². The van der Waals surface area contributed by atoms with Crippen molar-refractivity contribution in [2.24, 2.45) is 5.73 Å². The van der Waals surface area contributed by atoms with Gasteiger partial charge in [-0.05, 0) is 19.4 Å². The lowest BCUT2D eigenvalue weighted by atomic mass is 10.1. The molecule has 3 N–H and O–H groups in total. The van der Waals surface area contributed by atoms with Gasteiger partial charge in [-0.3, -0.25) is 9.69 Å². The number of allylic oxidation sites excluding steroid dienone is 1. The van der Waals surface area contributed by atoms with E-state index in [0.29, 0.717) is 19.4 Å². The molecule has 0 unspecified atom stereocenters. The number of carbonyl (C=O) groups is 2. The quantitative estimate of drug-likeness (QED) is 0.677. The highest BCUT2D eigenvalue weighted by Crippen LogP contribution is 2.47. The molecule has 0 radical (unpaired) electrons. The Hall–Kier alpha value is -1.01. The second-order valence-corrected chi connectivity index (χ2v) is 4.78. The Morgan fingerprint density at radius 1 is 1.67 bits per heavy atom. The van der Waals surface area contributed by atoms with E-state index < -0.39 is 5.97 Å². The van der Waals surface area contributed by atoms with Crippen molar-refractivity contribution in [3.63, 3.8) is 0 Å². The van der Waals surface area contributed by atoms with Gasteiger partial charge in [-0.2, -0.15) is 0 Å². The molecule has 82 valence electrons. The van der Waals surface area contributed by atoms with Gasteiger partial charge in [-0.1, -0.05) is 0 Å². The number of amides is 1. The molecule has 1 atom stereocenters. The van der Waals surface area contributed by atoms with E-state index in [-0.39, 0.29) is 17.0 Å². The number of hydrogen-bond acceptors (Lipinski definition) is 4. The predicted molar refractivity (Wildman–Crippen MR) is 55.8 cm³/mol. The van der Waals surface area contributed by atoms with Crippen molar-refractivity contribution < 1.29 is 14.7 Å². The maximum absolute atomic E-state index is 11.2. The SMILES string of the molecule is NCCCC1=C(C(=O)O)N2C(=O)C[C@@H]2S1.